The highest BCUT2D eigenvalue weighted by molar-refractivity contribution is 5.58. The van der Waals surface area contributed by atoms with Crippen molar-refractivity contribution in [2.45, 2.75) is 26.4 Å². The minimum absolute atomic E-state index is 0.0515. The molecule has 31 heavy (non-hydrogen) atoms. The van der Waals surface area contributed by atoms with Gasteiger partial charge in [-0.1, -0.05) is 6.07 Å². The number of ether oxygens (including phenoxy) is 1. The predicted molar refractivity (Wildman–Crippen MR) is 117 cm³/mol. The molecule has 0 spiro atoms. The molecule has 160 valence electrons. The highest BCUT2D eigenvalue weighted by Crippen LogP contribution is 2.29. The maximum Gasteiger partial charge on any atom is 0.311 e. The summed E-state index contributed by atoms with van der Waals surface area (Å²) in [5.74, 6) is 0.787. The summed E-state index contributed by atoms with van der Waals surface area (Å²) < 4.78 is 5.34. The molecule has 1 aliphatic heterocycles. The van der Waals surface area contributed by atoms with Crippen LogP contribution in [0.3, 0.4) is 0 Å². The Morgan fingerprint density at radius 2 is 2.03 bits per heavy atom. The molecule has 0 amide bonds. The number of rotatable bonds is 6. The van der Waals surface area contributed by atoms with E-state index in [9.17, 15) is 14.9 Å². The Kier molecular flexibility index (Phi) is 5.68. The van der Waals surface area contributed by atoms with Crippen molar-refractivity contribution < 1.29 is 9.66 Å². The maximum absolute atomic E-state index is 12.7. The minimum atomic E-state index is -0.437. The normalized spacial score (nSPS) is 13.6. The van der Waals surface area contributed by atoms with Crippen LogP contribution in [0, 0.1) is 10.1 Å². The van der Waals surface area contributed by atoms with E-state index >= 15 is 0 Å². The van der Waals surface area contributed by atoms with Gasteiger partial charge in [0.15, 0.2) is 5.75 Å². The summed E-state index contributed by atoms with van der Waals surface area (Å²) in [6.07, 6.45) is 0.625. The molecule has 0 bridgehead atoms. The highest BCUT2D eigenvalue weighted by atomic mass is 16.6. The number of nitro benzene ring substituents is 1. The Balaban J connectivity index is 1.54. The predicted octanol–water partition coefficient (Wildman–Crippen LogP) is 2.88. The van der Waals surface area contributed by atoms with Crippen molar-refractivity contribution in [3.8, 4) is 17.1 Å². The molecular formula is C22H23N5O4. The van der Waals surface area contributed by atoms with Gasteiger partial charge in [0, 0.05) is 43.4 Å². The number of nitrogen functional groups attached to an aromatic ring is 1. The zero-order chi connectivity index (χ0) is 22.0. The number of anilines is 1. The van der Waals surface area contributed by atoms with Crippen LogP contribution in [0.5, 0.6) is 5.75 Å². The number of H-pyrrole nitrogens is 1. The van der Waals surface area contributed by atoms with Crippen LogP contribution in [0.4, 0.5) is 11.4 Å². The average Bonchev–Trinajstić information content (AvgIpc) is 2.75. The number of aromatic nitrogens is 2. The fourth-order valence-corrected chi connectivity index (χ4v) is 3.73. The number of nitro groups is 1. The van der Waals surface area contributed by atoms with E-state index in [1.54, 1.807) is 25.1 Å². The Bertz CT molecular complexity index is 1170. The van der Waals surface area contributed by atoms with E-state index in [1.165, 1.54) is 6.07 Å². The lowest BCUT2D eigenvalue weighted by molar-refractivity contribution is -0.385. The second-order valence-corrected chi connectivity index (χ2v) is 7.41. The third kappa shape index (κ3) is 4.41. The van der Waals surface area contributed by atoms with Crippen molar-refractivity contribution >= 4 is 11.4 Å². The fraction of sp³-hybridized carbons (Fsp3) is 0.273. The largest absolute Gasteiger partial charge is 0.487 e. The van der Waals surface area contributed by atoms with Crippen LogP contribution in [0.15, 0.2) is 47.3 Å². The third-order valence-corrected chi connectivity index (χ3v) is 5.26. The number of nitrogens with two attached hydrogens (primary N) is 1. The van der Waals surface area contributed by atoms with E-state index in [0.29, 0.717) is 49.7 Å². The molecule has 0 saturated heterocycles. The molecule has 0 aliphatic carbocycles. The van der Waals surface area contributed by atoms with Gasteiger partial charge in [-0.2, -0.15) is 0 Å². The first-order valence-electron chi connectivity index (χ1n) is 10.0. The van der Waals surface area contributed by atoms with Crippen molar-refractivity contribution in [3.05, 3.63) is 79.8 Å². The van der Waals surface area contributed by atoms with Gasteiger partial charge in [0.1, 0.15) is 5.82 Å². The van der Waals surface area contributed by atoms with Crippen LogP contribution in [-0.2, 0) is 19.5 Å². The first-order valence-corrected chi connectivity index (χ1v) is 10.0. The van der Waals surface area contributed by atoms with Crippen LogP contribution < -0.4 is 16.0 Å². The molecule has 0 saturated carbocycles. The van der Waals surface area contributed by atoms with Gasteiger partial charge in [0.25, 0.3) is 5.56 Å². The number of fused-ring (bicyclic) bond motifs is 1. The second kappa shape index (κ2) is 8.57. The minimum Gasteiger partial charge on any atom is -0.487 e. The first-order chi connectivity index (χ1) is 14.9. The van der Waals surface area contributed by atoms with Crippen LogP contribution in [-0.4, -0.2) is 32.9 Å². The molecule has 9 nitrogen and oxygen atoms in total. The zero-order valence-corrected chi connectivity index (χ0v) is 17.1. The Labute approximate surface area is 178 Å². The molecule has 2 aromatic carbocycles. The van der Waals surface area contributed by atoms with Gasteiger partial charge < -0.3 is 15.5 Å². The lowest BCUT2D eigenvalue weighted by Gasteiger charge is -2.27. The molecule has 3 N–H and O–H groups in total. The topological polar surface area (TPSA) is 127 Å². The number of hydrogen-bond acceptors (Lipinski definition) is 7. The molecule has 1 aromatic heterocycles. The van der Waals surface area contributed by atoms with Crippen molar-refractivity contribution in [2.75, 3.05) is 18.9 Å². The number of hydrogen-bond donors (Lipinski definition) is 2. The third-order valence-electron chi connectivity index (χ3n) is 5.26. The van der Waals surface area contributed by atoms with Crippen LogP contribution >= 0.6 is 0 Å². The second-order valence-electron chi connectivity index (χ2n) is 7.41. The summed E-state index contributed by atoms with van der Waals surface area (Å²) >= 11 is 0. The maximum atomic E-state index is 12.7. The molecular weight excluding hydrogens is 398 g/mol. The van der Waals surface area contributed by atoms with E-state index < -0.39 is 4.92 Å². The summed E-state index contributed by atoms with van der Waals surface area (Å²) in [5, 5.41) is 11.4. The van der Waals surface area contributed by atoms with Gasteiger partial charge in [-0.15, -0.1) is 0 Å². The molecule has 9 heteroatoms. The van der Waals surface area contributed by atoms with Crippen molar-refractivity contribution in [1.82, 2.24) is 14.9 Å². The van der Waals surface area contributed by atoms with Crippen LogP contribution in [0.2, 0.25) is 0 Å². The SMILES string of the molecule is CCOc1ccc(CN2CCc3nc(-c4ccc(N)cc4)[nH]c(=O)c3C2)cc1[N+](=O)[O-]. The smallest absolute Gasteiger partial charge is 0.311 e. The van der Waals surface area contributed by atoms with Gasteiger partial charge >= 0.3 is 5.69 Å². The molecule has 0 unspecified atom stereocenters. The van der Waals surface area contributed by atoms with Gasteiger partial charge in [-0.25, -0.2) is 4.98 Å². The van der Waals surface area contributed by atoms with Crippen LogP contribution in [0.1, 0.15) is 23.7 Å². The van der Waals surface area contributed by atoms with Gasteiger partial charge in [-0.05, 0) is 42.8 Å². The first kappa shape index (κ1) is 20.5. The monoisotopic (exact) mass is 421 g/mol. The van der Waals surface area contributed by atoms with Crippen LogP contribution in [0.25, 0.3) is 11.4 Å². The van der Waals surface area contributed by atoms with E-state index in [-0.39, 0.29) is 17.0 Å². The molecule has 1 aliphatic rings. The van der Waals surface area contributed by atoms with Crippen molar-refractivity contribution in [3.63, 3.8) is 0 Å². The summed E-state index contributed by atoms with van der Waals surface area (Å²) in [6, 6.07) is 12.2. The van der Waals surface area contributed by atoms with Crippen molar-refractivity contribution in [1.29, 1.82) is 0 Å². The van der Waals surface area contributed by atoms with E-state index in [1.807, 2.05) is 18.2 Å². The van der Waals surface area contributed by atoms with E-state index in [4.69, 9.17) is 10.5 Å². The van der Waals surface area contributed by atoms with Gasteiger partial charge in [0.2, 0.25) is 0 Å². The summed E-state index contributed by atoms with van der Waals surface area (Å²) in [7, 11) is 0. The van der Waals surface area contributed by atoms with E-state index in [0.717, 1.165) is 16.8 Å². The van der Waals surface area contributed by atoms with E-state index in [2.05, 4.69) is 14.9 Å². The molecule has 4 rings (SSSR count). The van der Waals surface area contributed by atoms with Gasteiger partial charge in [0.05, 0.1) is 22.8 Å². The Morgan fingerprint density at radius 3 is 2.74 bits per heavy atom. The highest BCUT2D eigenvalue weighted by Gasteiger charge is 2.23. The number of nitrogens with zero attached hydrogens (tertiary/aromatic N) is 3. The standard InChI is InChI=1S/C22H23N5O4/c1-2-31-20-8-3-14(11-19(20)27(29)30)12-26-10-9-18-17(13-26)22(28)25-21(24-18)15-4-6-16(23)7-5-15/h3-8,11H,2,9-10,12-13,23H2,1H3,(H,24,25,28). The number of aromatic amines is 1. The Morgan fingerprint density at radius 1 is 1.26 bits per heavy atom. The number of benzene rings is 2. The fourth-order valence-electron chi connectivity index (χ4n) is 3.73. The molecule has 0 atom stereocenters. The lowest BCUT2D eigenvalue weighted by Crippen LogP contribution is -2.35. The molecule has 0 fully saturated rings. The Hall–Kier alpha value is -3.72. The quantitative estimate of drug-likeness (QED) is 0.356. The molecule has 3 aromatic rings. The summed E-state index contributed by atoms with van der Waals surface area (Å²) in [5.41, 5.74) is 9.17. The molecule has 0 radical (unpaired) electrons. The van der Waals surface area contributed by atoms with Crippen molar-refractivity contribution in [2.24, 2.45) is 0 Å². The average molecular weight is 421 g/mol. The zero-order valence-electron chi connectivity index (χ0n) is 17.1. The summed E-state index contributed by atoms with van der Waals surface area (Å²) in [4.78, 5) is 33.3. The number of nitrogens with one attached hydrogen (secondary N) is 1. The summed E-state index contributed by atoms with van der Waals surface area (Å²) in [6.45, 7) is 3.77. The molecule has 2 heterocycles. The lowest BCUT2D eigenvalue weighted by atomic mass is 10.0. The van der Waals surface area contributed by atoms with Gasteiger partial charge in [-0.3, -0.25) is 19.8 Å².